The molecule has 9 nitrogen and oxygen atoms in total. The molecule has 7 N–H and O–H groups in total. The molecular weight excluding hydrogens is 494 g/mol. The number of benzene rings is 4. The van der Waals surface area contributed by atoms with Crippen molar-refractivity contribution in [3.05, 3.63) is 131 Å². The van der Waals surface area contributed by atoms with E-state index in [1.54, 1.807) is 24.3 Å². The maximum Gasteiger partial charge on any atom is 0.335 e. The van der Waals surface area contributed by atoms with Crippen molar-refractivity contribution < 1.29 is 19.5 Å². The molecule has 196 valence electrons. The van der Waals surface area contributed by atoms with Gasteiger partial charge in [0.25, 0.3) is 5.91 Å². The van der Waals surface area contributed by atoms with Crippen LogP contribution >= 0.6 is 0 Å². The lowest BCUT2D eigenvalue weighted by Crippen LogP contribution is -2.49. The second-order valence-electron chi connectivity index (χ2n) is 8.78. The van der Waals surface area contributed by atoms with Crippen molar-refractivity contribution in [3.63, 3.8) is 0 Å². The summed E-state index contributed by atoms with van der Waals surface area (Å²) in [6.07, 6.45) is -0.129. The fraction of sp³-hybridized carbons (Fsp3) is 0.0667. The Morgan fingerprint density at radius 2 is 1.23 bits per heavy atom. The summed E-state index contributed by atoms with van der Waals surface area (Å²) in [5.41, 5.74) is 12.4. The maximum absolute atomic E-state index is 13.5. The van der Waals surface area contributed by atoms with Gasteiger partial charge in [-0.1, -0.05) is 60.7 Å². The molecule has 0 saturated carbocycles. The molecule has 0 atom stereocenters. The van der Waals surface area contributed by atoms with Crippen molar-refractivity contribution >= 4 is 35.1 Å². The third-order valence-electron chi connectivity index (χ3n) is 6.09. The number of carbonyl (C=O) groups is 3. The maximum atomic E-state index is 13.5. The van der Waals surface area contributed by atoms with Crippen LogP contribution in [0.3, 0.4) is 0 Å². The van der Waals surface area contributed by atoms with Crippen molar-refractivity contribution in [1.82, 2.24) is 5.32 Å². The van der Waals surface area contributed by atoms with E-state index in [-0.39, 0.29) is 29.4 Å². The molecule has 0 heterocycles. The fourth-order valence-corrected chi connectivity index (χ4v) is 4.25. The average Bonchev–Trinajstić information content (AvgIpc) is 2.94. The Hall–Kier alpha value is -5.44. The van der Waals surface area contributed by atoms with E-state index >= 15 is 0 Å². The van der Waals surface area contributed by atoms with Gasteiger partial charge >= 0.3 is 5.97 Å². The topological polar surface area (TPSA) is 160 Å². The summed E-state index contributed by atoms with van der Waals surface area (Å²) in [6.45, 7) is 0. The number of hydrogen-bond acceptors (Lipinski definition) is 4. The zero-order valence-electron chi connectivity index (χ0n) is 20.9. The molecule has 39 heavy (non-hydrogen) atoms. The highest BCUT2D eigenvalue weighted by Gasteiger charge is 2.38. The monoisotopic (exact) mass is 521 g/mol. The minimum Gasteiger partial charge on any atom is -0.478 e. The summed E-state index contributed by atoms with van der Waals surface area (Å²) in [7, 11) is 0. The van der Waals surface area contributed by atoms with Gasteiger partial charge in [0.15, 0.2) is 5.96 Å². The summed E-state index contributed by atoms with van der Waals surface area (Å²) in [4.78, 5) is 42.2. The molecule has 9 heteroatoms. The number of nitrogens with one attached hydrogen (secondary N) is 2. The predicted octanol–water partition coefficient (Wildman–Crippen LogP) is 3.99. The Balaban J connectivity index is 1.70. The first-order chi connectivity index (χ1) is 18.8. The molecule has 0 aliphatic heterocycles. The summed E-state index contributed by atoms with van der Waals surface area (Å²) < 4.78 is 0. The number of nitrogens with zero attached hydrogens (tertiary/aromatic N) is 1. The van der Waals surface area contributed by atoms with Crippen LogP contribution in [0, 0.1) is 0 Å². The Morgan fingerprint density at radius 1 is 0.718 bits per heavy atom. The molecule has 0 bridgehead atoms. The molecule has 0 aliphatic carbocycles. The van der Waals surface area contributed by atoms with E-state index < -0.39 is 17.4 Å². The molecule has 0 saturated heterocycles. The van der Waals surface area contributed by atoms with E-state index in [4.69, 9.17) is 11.5 Å². The fourth-order valence-electron chi connectivity index (χ4n) is 4.25. The van der Waals surface area contributed by atoms with Crippen molar-refractivity contribution in [3.8, 4) is 0 Å². The molecule has 4 aromatic carbocycles. The molecule has 0 fully saturated rings. The standard InChI is InChI=1S/C30H27N5O4/c31-29(32)34-25-17-15-24(16-18-25)33-26(36)19-30(22-7-3-1-4-8-22,23-9-5-2-6-10-23)35-27(37)20-11-13-21(14-12-20)28(38)39/h1-18H,19H2,(H,33,36)(H,35,37)(H,38,39)(H4,31,32,34). The quantitative estimate of drug-likeness (QED) is 0.165. The summed E-state index contributed by atoms with van der Waals surface area (Å²) in [5, 5.41) is 15.2. The molecule has 0 aliphatic rings. The number of aromatic carboxylic acids is 1. The van der Waals surface area contributed by atoms with Crippen LogP contribution in [-0.4, -0.2) is 28.8 Å². The summed E-state index contributed by atoms with van der Waals surface area (Å²) in [5.74, 6) is -1.98. The van der Waals surface area contributed by atoms with Gasteiger partial charge in [0.2, 0.25) is 5.91 Å². The Labute approximate surface area is 225 Å². The van der Waals surface area contributed by atoms with Crippen molar-refractivity contribution in [2.45, 2.75) is 12.0 Å². The van der Waals surface area contributed by atoms with Crippen LogP contribution in [0.25, 0.3) is 0 Å². The number of amides is 2. The number of carboxylic acids is 1. The zero-order valence-corrected chi connectivity index (χ0v) is 20.9. The Bertz CT molecular complexity index is 1440. The van der Waals surface area contributed by atoms with E-state index in [1.165, 1.54) is 24.3 Å². The number of nitrogens with two attached hydrogens (primary N) is 2. The minimum absolute atomic E-state index is 0.0640. The van der Waals surface area contributed by atoms with E-state index in [1.807, 2.05) is 60.7 Å². The highest BCUT2D eigenvalue weighted by Crippen LogP contribution is 2.34. The van der Waals surface area contributed by atoms with Crippen LogP contribution in [0.2, 0.25) is 0 Å². The van der Waals surface area contributed by atoms with Gasteiger partial charge < -0.3 is 27.2 Å². The van der Waals surface area contributed by atoms with Crippen molar-refractivity contribution in [2.75, 3.05) is 5.32 Å². The van der Waals surface area contributed by atoms with Gasteiger partial charge in [0.1, 0.15) is 0 Å². The summed E-state index contributed by atoms with van der Waals surface area (Å²) >= 11 is 0. The lowest BCUT2D eigenvalue weighted by Gasteiger charge is -2.36. The van der Waals surface area contributed by atoms with Gasteiger partial charge in [-0.3, -0.25) is 9.59 Å². The molecule has 0 spiro atoms. The number of guanidine groups is 1. The van der Waals surface area contributed by atoms with Crippen LogP contribution in [0.5, 0.6) is 0 Å². The highest BCUT2D eigenvalue weighted by molar-refractivity contribution is 5.98. The largest absolute Gasteiger partial charge is 0.478 e. The molecular formula is C30H27N5O4. The zero-order chi connectivity index (χ0) is 27.8. The molecule has 2 amide bonds. The summed E-state index contributed by atoms with van der Waals surface area (Å²) in [6, 6.07) is 30.7. The molecule has 0 unspecified atom stereocenters. The molecule has 4 rings (SSSR count). The number of aliphatic imine (C=N–C) groups is 1. The third-order valence-corrected chi connectivity index (χ3v) is 6.09. The number of rotatable bonds is 9. The lowest BCUT2D eigenvalue weighted by atomic mass is 9.79. The van der Waals surface area contributed by atoms with Crippen LogP contribution in [-0.2, 0) is 10.3 Å². The number of anilines is 1. The van der Waals surface area contributed by atoms with Crippen LogP contribution in [0.15, 0.2) is 114 Å². The molecule has 4 aromatic rings. The first-order valence-corrected chi connectivity index (χ1v) is 12.0. The first-order valence-electron chi connectivity index (χ1n) is 12.0. The lowest BCUT2D eigenvalue weighted by molar-refractivity contribution is -0.117. The molecule has 0 radical (unpaired) electrons. The van der Waals surface area contributed by atoms with Crippen LogP contribution in [0.1, 0.15) is 38.3 Å². The van der Waals surface area contributed by atoms with Crippen molar-refractivity contribution in [1.29, 1.82) is 0 Å². The second kappa shape index (κ2) is 11.7. The van der Waals surface area contributed by atoms with E-state index in [9.17, 15) is 19.5 Å². The Morgan fingerprint density at radius 3 is 1.72 bits per heavy atom. The molecule has 0 aromatic heterocycles. The average molecular weight is 522 g/mol. The van der Waals surface area contributed by atoms with Crippen molar-refractivity contribution in [2.24, 2.45) is 16.5 Å². The predicted molar refractivity (Wildman–Crippen MR) is 150 cm³/mol. The van der Waals surface area contributed by atoms with E-state index in [0.29, 0.717) is 22.5 Å². The van der Waals surface area contributed by atoms with Crippen LogP contribution in [0.4, 0.5) is 11.4 Å². The van der Waals surface area contributed by atoms with Gasteiger partial charge in [0, 0.05) is 11.3 Å². The number of carboxylic acid groups (broad SMARTS) is 1. The van der Waals surface area contributed by atoms with Gasteiger partial charge in [-0.25, -0.2) is 9.79 Å². The normalized spacial score (nSPS) is 10.8. The van der Waals surface area contributed by atoms with E-state index in [2.05, 4.69) is 15.6 Å². The van der Waals surface area contributed by atoms with Gasteiger partial charge in [-0.2, -0.15) is 0 Å². The van der Waals surface area contributed by atoms with Gasteiger partial charge in [-0.05, 0) is 59.7 Å². The van der Waals surface area contributed by atoms with Crippen LogP contribution < -0.4 is 22.1 Å². The Kier molecular flexibility index (Phi) is 8.01. The third kappa shape index (κ3) is 6.47. The van der Waals surface area contributed by atoms with E-state index in [0.717, 1.165) is 0 Å². The smallest absolute Gasteiger partial charge is 0.335 e. The number of carbonyl (C=O) groups excluding carboxylic acids is 2. The second-order valence-corrected chi connectivity index (χ2v) is 8.78. The highest BCUT2D eigenvalue weighted by atomic mass is 16.4. The minimum atomic E-state index is -1.24. The van der Waals surface area contributed by atoms with Gasteiger partial charge in [0.05, 0.1) is 23.2 Å². The van der Waals surface area contributed by atoms with Gasteiger partial charge in [-0.15, -0.1) is 0 Å². The first kappa shape index (κ1) is 26.6. The number of hydrogen-bond donors (Lipinski definition) is 5. The SMILES string of the molecule is NC(N)=Nc1ccc(NC(=O)CC(NC(=O)c2ccc(C(=O)O)cc2)(c2ccccc2)c2ccccc2)cc1.